The molecule has 2 rings (SSSR count). The zero-order chi connectivity index (χ0) is 22.9. The van der Waals surface area contributed by atoms with Gasteiger partial charge >= 0.3 is 0 Å². The van der Waals surface area contributed by atoms with E-state index in [9.17, 15) is 0 Å². The van der Waals surface area contributed by atoms with E-state index in [0.29, 0.717) is 18.2 Å². The highest BCUT2D eigenvalue weighted by Crippen LogP contribution is 2.21. The van der Waals surface area contributed by atoms with Gasteiger partial charge in [-0.3, -0.25) is 0 Å². The number of ether oxygens (including phenoxy) is 3. The second kappa shape index (κ2) is 16.5. The van der Waals surface area contributed by atoms with Crippen LogP contribution < -0.4 is 9.47 Å². The normalized spacial score (nSPS) is 12.0. The zero-order valence-corrected chi connectivity index (χ0v) is 20.4. The fourth-order valence-electron chi connectivity index (χ4n) is 3.31. The minimum Gasteiger partial charge on any atom is -0.494 e. The third kappa shape index (κ3) is 10.9. The second-order valence-electron chi connectivity index (χ2n) is 8.50. The van der Waals surface area contributed by atoms with E-state index in [1.165, 1.54) is 38.5 Å². The van der Waals surface area contributed by atoms with E-state index in [1.807, 2.05) is 24.3 Å². The number of nitrogens with zero attached hydrogens (tertiary/aromatic N) is 2. The zero-order valence-electron chi connectivity index (χ0n) is 20.4. The topological polar surface area (TPSA) is 53.5 Å². The largest absolute Gasteiger partial charge is 0.494 e. The summed E-state index contributed by atoms with van der Waals surface area (Å²) < 4.78 is 17.2. The third-order valence-corrected chi connectivity index (χ3v) is 5.64. The van der Waals surface area contributed by atoms with Crippen LogP contribution in [0.25, 0.3) is 11.4 Å². The van der Waals surface area contributed by atoms with E-state index in [0.717, 1.165) is 56.3 Å². The SMILES string of the molecule is CCCCCOCCCOc1cnc(-c2ccc(OCCCCCC(C)CC)cc2)nc1. The minimum absolute atomic E-state index is 0.611. The van der Waals surface area contributed by atoms with Crippen molar-refractivity contribution in [2.24, 2.45) is 5.92 Å². The lowest BCUT2D eigenvalue weighted by Crippen LogP contribution is -2.04. The van der Waals surface area contributed by atoms with Gasteiger partial charge in [-0.05, 0) is 43.0 Å². The van der Waals surface area contributed by atoms with E-state index >= 15 is 0 Å². The summed E-state index contributed by atoms with van der Waals surface area (Å²) in [5, 5.41) is 0. The molecule has 0 aliphatic carbocycles. The van der Waals surface area contributed by atoms with Crippen LogP contribution in [-0.2, 0) is 4.74 Å². The van der Waals surface area contributed by atoms with Crippen molar-refractivity contribution in [1.29, 1.82) is 0 Å². The van der Waals surface area contributed by atoms with Crippen molar-refractivity contribution in [3.05, 3.63) is 36.7 Å². The number of rotatable bonds is 18. The van der Waals surface area contributed by atoms with Crippen molar-refractivity contribution in [3.8, 4) is 22.9 Å². The van der Waals surface area contributed by atoms with Gasteiger partial charge in [-0.2, -0.15) is 0 Å². The summed E-state index contributed by atoms with van der Waals surface area (Å²) in [4.78, 5) is 8.87. The molecule has 1 unspecified atom stereocenters. The van der Waals surface area contributed by atoms with Gasteiger partial charge in [-0.25, -0.2) is 9.97 Å². The van der Waals surface area contributed by atoms with Gasteiger partial charge in [0.05, 0.1) is 25.6 Å². The summed E-state index contributed by atoms with van der Waals surface area (Å²) in [6, 6.07) is 7.99. The molecule has 0 aliphatic heterocycles. The van der Waals surface area contributed by atoms with Crippen molar-refractivity contribution in [2.75, 3.05) is 26.4 Å². The van der Waals surface area contributed by atoms with Gasteiger partial charge < -0.3 is 14.2 Å². The van der Waals surface area contributed by atoms with Crippen LogP contribution in [0.5, 0.6) is 11.5 Å². The number of unbranched alkanes of at least 4 members (excludes halogenated alkanes) is 4. The fourth-order valence-corrected chi connectivity index (χ4v) is 3.31. The van der Waals surface area contributed by atoms with Crippen molar-refractivity contribution < 1.29 is 14.2 Å². The van der Waals surface area contributed by atoms with Crippen LogP contribution in [0, 0.1) is 5.92 Å². The van der Waals surface area contributed by atoms with Crippen LogP contribution in [0.3, 0.4) is 0 Å². The molecule has 0 fully saturated rings. The summed E-state index contributed by atoms with van der Waals surface area (Å²) in [6.07, 6.45) is 14.1. The predicted octanol–water partition coefficient (Wildman–Crippen LogP) is 7.10. The standard InChI is InChI=1S/C27H42N2O3/c1-4-6-9-17-30-18-11-20-32-26-21-28-27(29-22-26)24-13-15-25(16-14-24)31-19-10-7-8-12-23(3)5-2/h13-16,21-23H,4-12,17-20H2,1-3H3. The van der Waals surface area contributed by atoms with Gasteiger partial charge in [0.15, 0.2) is 11.6 Å². The first-order valence-corrected chi connectivity index (χ1v) is 12.5. The quantitative estimate of drug-likeness (QED) is 0.230. The molecule has 0 N–H and O–H groups in total. The molecule has 1 atom stereocenters. The fraction of sp³-hybridized carbons (Fsp3) is 0.630. The summed E-state index contributed by atoms with van der Waals surface area (Å²) in [5.74, 6) is 3.11. The molecule has 0 amide bonds. The van der Waals surface area contributed by atoms with Gasteiger partial charge in [0.2, 0.25) is 0 Å². The monoisotopic (exact) mass is 442 g/mol. The predicted molar refractivity (Wildman–Crippen MR) is 131 cm³/mol. The third-order valence-electron chi connectivity index (χ3n) is 5.64. The molecule has 1 heterocycles. The van der Waals surface area contributed by atoms with E-state index < -0.39 is 0 Å². The molecule has 1 aromatic heterocycles. The molecule has 0 saturated carbocycles. The summed E-state index contributed by atoms with van der Waals surface area (Å²) in [5.41, 5.74) is 0.970. The maximum Gasteiger partial charge on any atom is 0.159 e. The molecule has 32 heavy (non-hydrogen) atoms. The van der Waals surface area contributed by atoms with Crippen LogP contribution in [0.4, 0.5) is 0 Å². The van der Waals surface area contributed by atoms with Gasteiger partial charge in [0, 0.05) is 25.2 Å². The van der Waals surface area contributed by atoms with E-state index in [4.69, 9.17) is 14.2 Å². The smallest absolute Gasteiger partial charge is 0.159 e. The van der Waals surface area contributed by atoms with Crippen molar-refractivity contribution in [1.82, 2.24) is 9.97 Å². The Morgan fingerprint density at radius 2 is 1.38 bits per heavy atom. The Labute approximate surface area is 194 Å². The summed E-state index contributed by atoms with van der Waals surface area (Å²) in [7, 11) is 0. The van der Waals surface area contributed by atoms with Crippen LogP contribution in [0.15, 0.2) is 36.7 Å². The van der Waals surface area contributed by atoms with Gasteiger partial charge in [-0.15, -0.1) is 0 Å². The van der Waals surface area contributed by atoms with Gasteiger partial charge in [-0.1, -0.05) is 59.3 Å². The van der Waals surface area contributed by atoms with Crippen molar-refractivity contribution in [2.45, 2.75) is 78.6 Å². The first-order valence-electron chi connectivity index (χ1n) is 12.5. The Morgan fingerprint density at radius 1 is 0.719 bits per heavy atom. The molecular formula is C27H42N2O3. The molecule has 2 aromatic rings. The Morgan fingerprint density at radius 3 is 2.09 bits per heavy atom. The Balaban J connectivity index is 1.63. The molecule has 5 nitrogen and oxygen atoms in total. The lowest BCUT2D eigenvalue weighted by molar-refractivity contribution is 0.116. The van der Waals surface area contributed by atoms with E-state index in [1.54, 1.807) is 12.4 Å². The van der Waals surface area contributed by atoms with Gasteiger partial charge in [0.1, 0.15) is 5.75 Å². The van der Waals surface area contributed by atoms with E-state index in [2.05, 4.69) is 30.7 Å². The number of hydrogen-bond acceptors (Lipinski definition) is 5. The Hall–Kier alpha value is -2.14. The van der Waals surface area contributed by atoms with Crippen molar-refractivity contribution in [3.63, 3.8) is 0 Å². The molecule has 5 heteroatoms. The molecule has 1 aromatic carbocycles. The molecular weight excluding hydrogens is 400 g/mol. The average molecular weight is 443 g/mol. The summed E-state index contributed by atoms with van der Waals surface area (Å²) in [6.45, 7) is 9.74. The lowest BCUT2D eigenvalue weighted by Gasteiger charge is -2.09. The summed E-state index contributed by atoms with van der Waals surface area (Å²) >= 11 is 0. The highest BCUT2D eigenvalue weighted by molar-refractivity contribution is 5.56. The maximum absolute atomic E-state index is 5.87. The Kier molecular flexibility index (Phi) is 13.5. The molecule has 0 bridgehead atoms. The maximum atomic E-state index is 5.87. The highest BCUT2D eigenvalue weighted by Gasteiger charge is 2.04. The van der Waals surface area contributed by atoms with Crippen LogP contribution in [0.2, 0.25) is 0 Å². The highest BCUT2D eigenvalue weighted by atomic mass is 16.5. The van der Waals surface area contributed by atoms with E-state index in [-0.39, 0.29) is 0 Å². The molecule has 0 spiro atoms. The molecule has 0 aliphatic rings. The minimum atomic E-state index is 0.611. The molecule has 0 saturated heterocycles. The first kappa shape index (κ1) is 26.1. The van der Waals surface area contributed by atoms with Gasteiger partial charge in [0.25, 0.3) is 0 Å². The number of aromatic nitrogens is 2. The molecule has 178 valence electrons. The van der Waals surface area contributed by atoms with Crippen molar-refractivity contribution >= 4 is 0 Å². The van der Waals surface area contributed by atoms with Crippen LogP contribution >= 0.6 is 0 Å². The van der Waals surface area contributed by atoms with Crippen LogP contribution in [0.1, 0.15) is 78.6 Å². The first-order chi connectivity index (χ1) is 15.7. The van der Waals surface area contributed by atoms with Crippen LogP contribution in [-0.4, -0.2) is 36.4 Å². The average Bonchev–Trinajstić information content (AvgIpc) is 2.83. The lowest BCUT2D eigenvalue weighted by atomic mass is 10.0. The Bertz CT molecular complexity index is 704. The number of hydrogen-bond donors (Lipinski definition) is 0. The number of benzene rings is 1. The molecule has 0 radical (unpaired) electrons. The second-order valence-corrected chi connectivity index (χ2v) is 8.50.